The lowest BCUT2D eigenvalue weighted by Crippen LogP contribution is -2.40. The van der Waals surface area contributed by atoms with E-state index in [2.05, 4.69) is 17.4 Å². The van der Waals surface area contributed by atoms with Crippen molar-refractivity contribution in [2.75, 3.05) is 13.2 Å². The lowest BCUT2D eigenvalue weighted by atomic mass is 10.1. The number of nitrogens with one attached hydrogen (secondary N) is 1. The second kappa shape index (κ2) is 7.41. The molecule has 1 saturated heterocycles. The Bertz CT molecular complexity index is 840. The van der Waals surface area contributed by atoms with E-state index in [-0.39, 0.29) is 11.9 Å². The maximum absolute atomic E-state index is 13.9. The van der Waals surface area contributed by atoms with Gasteiger partial charge in [0.25, 0.3) is 6.02 Å². The number of thiocarbonyl (C=S) groups is 1. The van der Waals surface area contributed by atoms with Crippen LogP contribution in [-0.4, -0.2) is 29.2 Å². The smallest absolute Gasteiger partial charge is 0.294 e. The minimum absolute atomic E-state index is 0.0757. The maximum Gasteiger partial charge on any atom is 0.294 e. The van der Waals surface area contributed by atoms with Crippen molar-refractivity contribution in [2.24, 2.45) is 4.99 Å². The Kier molecular flexibility index (Phi) is 4.84. The van der Waals surface area contributed by atoms with Crippen LogP contribution in [0, 0.1) is 5.82 Å². The van der Waals surface area contributed by atoms with E-state index in [4.69, 9.17) is 21.9 Å². The van der Waals surface area contributed by atoms with Crippen LogP contribution in [0.1, 0.15) is 29.2 Å². The maximum atomic E-state index is 13.9. The van der Waals surface area contributed by atoms with E-state index in [1.807, 2.05) is 29.2 Å². The second-order valence-corrected chi connectivity index (χ2v) is 6.80. The van der Waals surface area contributed by atoms with Crippen molar-refractivity contribution in [3.63, 3.8) is 0 Å². The molecule has 2 aliphatic rings. The third-order valence-corrected chi connectivity index (χ3v) is 5.12. The van der Waals surface area contributed by atoms with E-state index in [9.17, 15) is 4.39 Å². The Morgan fingerprint density at radius 3 is 2.92 bits per heavy atom. The summed E-state index contributed by atoms with van der Waals surface area (Å²) in [6, 6.07) is 15.7. The van der Waals surface area contributed by atoms with Gasteiger partial charge in [-0.1, -0.05) is 42.5 Å². The van der Waals surface area contributed by atoms with Crippen LogP contribution in [0.15, 0.2) is 53.5 Å². The molecule has 26 heavy (non-hydrogen) atoms. The van der Waals surface area contributed by atoms with Gasteiger partial charge in [0.2, 0.25) is 0 Å². The molecule has 1 atom stereocenters. The van der Waals surface area contributed by atoms with Crippen molar-refractivity contribution in [2.45, 2.75) is 25.4 Å². The molecule has 1 unspecified atom stereocenters. The zero-order valence-corrected chi connectivity index (χ0v) is 15.1. The van der Waals surface area contributed by atoms with Gasteiger partial charge in [0.1, 0.15) is 12.4 Å². The zero-order valence-electron chi connectivity index (χ0n) is 14.3. The standard InChI is InChI=1S/C20H20FN3OS/c21-17-8-4-7-16-15(17)9-10-18(16)23-19-24(11-12-25-19)20(26)22-13-14-5-2-1-3-6-14/h1-8,18H,9-13H2,(H,22,26). The van der Waals surface area contributed by atoms with Crippen LogP contribution in [0.3, 0.4) is 0 Å². The van der Waals surface area contributed by atoms with E-state index >= 15 is 0 Å². The summed E-state index contributed by atoms with van der Waals surface area (Å²) >= 11 is 5.52. The van der Waals surface area contributed by atoms with E-state index in [1.165, 1.54) is 6.07 Å². The van der Waals surface area contributed by atoms with Crippen LogP contribution in [0.5, 0.6) is 0 Å². The highest BCUT2D eigenvalue weighted by Gasteiger charge is 2.29. The van der Waals surface area contributed by atoms with Crippen molar-refractivity contribution in [1.82, 2.24) is 10.2 Å². The third kappa shape index (κ3) is 3.42. The molecule has 2 aromatic carbocycles. The first kappa shape index (κ1) is 17.0. The van der Waals surface area contributed by atoms with Crippen LogP contribution in [0.4, 0.5) is 4.39 Å². The molecule has 4 nitrogen and oxygen atoms in total. The number of hydrogen-bond acceptors (Lipinski definition) is 3. The Labute approximate surface area is 157 Å². The van der Waals surface area contributed by atoms with Gasteiger partial charge < -0.3 is 10.1 Å². The van der Waals surface area contributed by atoms with Crippen LogP contribution in [0.25, 0.3) is 0 Å². The summed E-state index contributed by atoms with van der Waals surface area (Å²) in [4.78, 5) is 6.63. The van der Waals surface area contributed by atoms with E-state index in [0.29, 0.717) is 37.3 Å². The van der Waals surface area contributed by atoms with Crippen molar-refractivity contribution < 1.29 is 9.13 Å². The Morgan fingerprint density at radius 1 is 1.23 bits per heavy atom. The number of fused-ring (bicyclic) bond motifs is 1. The van der Waals surface area contributed by atoms with Gasteiger partial charge >= 0.3 is 0 Å². The molecule has 0 bridgehead atoms. The lowest BCUT2D eigenvalue weighted by Gasteiger charge is -2.19. The molecule has 1 heterocycles. The minimum Gasteiger partial charge on any atom is -0.463 e. The molecule has 0 amide bonds. The molecule has 0 spiro atoms. The summed E-state index contributed by atoms with van der Waals surface area (Å²) < 4.78 is 19.6. The molecule has 2 aromatic rings. The van der Waals surface area contributed by atoms with Crippen LogP contribution in [0.2, 0.25) is 0 Å². The molecular weight excluding hydrogens is 349 g/mol. The van der Waals surface area contributed by atoms with Crippen molar-refractivity contribution in [3.8, 4) is 0 Å². The van der Waals surface area contributed by atoms with E-state index < -0.39 is 0 Å². The summed E-state index contributed by atoms with van der Waals surface area (Å²) in [5.74, 6) is -0.144. The normalized spacial score (nSPS) is 20.1. The van der Waals surface area contributed by atoms with Crippen molar-refractivity contribution in [1.29, 1.82) is 0 Å². The van der Waals surface area contributed by atoms with Crippen LogP contribution in [-0.2, 0) is 17.7 Å². The van der Waals surface area contributed by atoms with Gasteiger partial charge in [-0.25, -0.2) is 9.38 Å². The third-order valence-electron chi connectivity index (χ3n) is 4.76. The Balaban J connectivity index is 1.46. The van der Waals surface area contributed by atoms with E-state index in [0.717, 1.165) is 23.1 Å². The molecular formula is C20H20FN3OS. The Hall–Kier alpha value is -2.47. The Morgan fingerprint density at radius 2 is 2.08 bits per heavy atom. The number of benzene rings is 2. The van der Waals surface area contributed by atoms with Gasteiger partial charge in [-0.15, -0.1) is 0 Å². The van der Waals surface area contributed by atoms with Crippen LogP contribution < -0.4 is 5.32 Å². The first-order chi connectivity index (χ1) is 12.7. The van der Waals surface area contributed by atoms with Crippen LogP contribution >= 0.6 is 12.2 Å². The monoisotopic (exact) mass is 369 g/mol. The van der Waals surface area contributed by atoms with Gasteiger partial charge in [-0.3, -0.25) is 4.90 Å². The number of halogens is 1. The van der Waals surface area contributed by atoms with E-state index in [1.54, 1.807) is 6.07 Å². The predicted octanol–water partition coefficient (Wildman–Crippen LogP) is 3.58. The van der Waals surface area contributed by atoms with Gasteiger partial charge in [-0.05, 0) is 47.8 Å². The highest BCUT2D eigenvalue weighted by atomic mass is 32.1. The largest absolute Gasteiger partial charge is 0.463 e. The average Bonchev–Trinajstić information content (AvgIpc) is 3.29. The van der Waals surface area contributed by atoms with Gasteiger partial charge in [-0.2, -0.15) is 0 Å². The minimum atomic E-state index is -0.144. The van der Waals surface area contributed by atoms with Gasteiger partial charge in [0, 0.05) is 6.54 Å². The lowest BCUT2D eigenvalue weighted by molar-refractivity contribution is 0.348. The summed E-state index contributed by atoms with van der Waals surface area (Å²) in [7, 11) is 0. The molecule has 1 aliphatic heterocycles. The number of amidine groups is 1. The van der Waals surface area contributed by atoms with Gasteiger partial charge in [0.05, 0.1) is 12.6 Å². The SMILES string of the molecule is Fc1cccc2c1CCC2N=C1OCCN1C(=S)NCc1ccccc1. The fraction of sp³-hybridized carbons (Fsp3) is 0.300. The summed E-state index contributed by atoms with van der Waals surface area (Å²) in [5.41, 5.74) is 2.89. The number of aliphatic imine (C=N–C) groups is 1. The number of hydrogen-bond donors (Lipinski definition) is 1. The van der Waals surface area contributed by atoms with Crippen molar-refractivity contribution in [3.05, 3.63) is 71.0 Å². The molecule has 4 rings (SSSR count). The second-order valence-electron chi connectivity index (χ2n) is 6.42. The number of ether oxygens (including phenoxy) is 1. The number of nitrogens with zero attached hydrogens (tertiary/aromatic N) is 2. The highest BCUT2D eigenvalue weighted by molar-refractivity contribution is 7.80. The highest BCUT2D eigenvalue weighted by Crippen LogP contribution is 2.35. The molecule has 1 aliphatic carbocycles. The number of rotatable bonds is 3. The quantitative estimate of drug-likeness (QED) is 0.839. The predicted molar refractivity (Wildman–Crippen MR) is 103 cm³/mol. The first-order valence-electron chi connectivity index (χ1n) is 8.79. The first-order valence-corrected chi connectivity index (χ1v) is 9.20. The fourth-order valence-corrected chi connectivity index (χ4v) is 3.66. The summed E-state index contributed by atoms with van der Waals surface area (Å²) in [6.45, 7) is 1.87. The molecule has 0 saturated carbocycles. The average molecular weight is 369 g/mol. The molecule has 0 aromatic heterocycles. The topological polar surface area (TPSA) is 36.9 Å². The zero-order chi connectivity index (χ0) is 17.9. The summed E-state index contributed by atoms with van der Waals surface area (Å²) in [5, 5.41) is 3.86. The molecule has 134 valence electrons. The molecule has 6 heteroatoms. The molecule has 1 fully saturated rings. The fourth-order valence-electron chi connectivity index (χ4n) is 3.42. The molecule has 1 N–H and O–H groups in total. The van der Waals surface area contributed by atoms with Gasteiger partial charge in [0.15, 0.2) is 5.11 Å². The van der Waals surface area contributed by atoms with Crippen molar-refractivity contribution >= 4 is 23.4 Å². The molecule has 0 radical (unpaired) electrons. The summed E-state index contributed by atoms with van der Waals surface area (Å²) in [6.07, 6.45) is 1.50.